The summed E-state index contributed by atoms with van der Waals surface area (Å²) < 4.78 is 26.7. The summed E-state index contributed by atoms with van der Waals surface area (Å²) >= 11 is 0. The first-order valence-corrected chi connectivity index (χ1v) is 11.6. The van der Waals surface area contributed by atoms with Crippen LogP contribution in [0, 0.1) is 10.1 Å². The molecule has 1 aromatic heterocycles. The number of nitrogens with zero attached hydrogens (tertiary/aromatic N) is 5. The number of nitro groups is 1. The molecule has 4 rings (SSSR count). The lowest BCUT2D eigenvalue weighted by Gasteiger charge is -2.35. The van der Waals surface area contributed by atoms with Crippen molar-refractivity contribution in [3.8, 4) is 0 Å². The van der Waals surface area contributed by atoms with Crippen LogP contribution in [0.4, 0.5) is 11.5 Å². The quantitative estimate of drug-likeness (QED) is 0.508. The first-order chi connectivity index (χ1) is 14.9. The minimum absolute atomic E-state index is 0.147. The zero-order valence-corrected chi connectivity index (χ0v) is 17.7. The molecule has 1 aromatic carbocycles. The summed E-state index contributed by atoms with van der Waals surface area (Å²) in [6.07, 6.45) is 3.21. The molecule has 0 atom stereocenters. The summed E-state index contributed by atoms with van der Waals surface area (Å²) in [5.41, 5.74) is 1.22. The second-order valence-corrected chi connectivity index (χ2v) is 9.48. The molecule has 2 fully saturated rings. The van der Waals surface area contributed by atoms with Crippen LogP contribution in [0.5, 0.6) is 0 Å². The SMILES string of the molecule is O=C(c1ccc(S(=O)(=O)N2CCCC2)cc1)N1CCN(c2ccc([N+](=O)[O-])nc2)CC1. The van der Waals surface area contributed by atoms with Gasteiger partial charge in [-0.05, 0) is 53.1 Å². The van der Waals surface area contributed by atoms with Crippen molar-refractivity contribution in [3.05, 3.63) is 58.3 Å². The van der Waals surface area contributed by atoms with Gasteiger partial charge in [-0.25, -0.2) is 8.42 Å². The highest BCUT2D eigenvalue weighted by Crippen LogP contribution is 2.22. The Labute approximate surface area is 180 Å². The Morgan fingerprint density at radius 3 is 2.13 bits per heavy atom. The third kappa shape index (κ3) is 4.37. The Kier molecular flexibility index (Phi) is 5.88. The summed E-state index contributed by atoms with van der Waals surface area (Å²) in [6.45, 7) is 3.21. The fourth-order valence-corrected chi connectivity index (χ4v) is 5.39. The molecule has 0 radical (unpaired) electrons. The van der Waals surface area contributed by atoms with Gasteiger partial charge >= 0.3 is 5.82 Å². The number of benzene rings is 1. The van der Waals surface area contributed by atoms with Gasteiger partial charge in [0.15, 0.2) is 6.20 Å². The summed E-state index contributed by atoms with van der Waals surface area (Å²) in [5.74, 6) is -0.348. The summed E-state index contributed by atoms with van der Waals surface area (Å²) in [4.78, 5) is 30.8. The monoisotopic (exact) mass is 445 g/mol. The van der Waals surface area contributed by atoms with Gasteiger partial charge < -0.3 is 19.9 Å². The molecule has 0 unspecified atom stereocenters. The molecule has 3 heterocycles. The Balaban J connectivity index is 1.38. The lowest BCUT2D eigenvalue weighted by atomic mass is 10.2. The van der Waals surface area contributed by atoms with E-state index in [0.717, 1.165) is 18.5 Å². The maximum absolute atomic E-state index is 12.8. The van der Waals surface area contributed by atoms with E-state index in [4.69, 9.17) is 0 Å². The largest absolute Gasteiger partial charge is 0.365 e. The molecule has 164 valence electrons. The van der Waals surface area contributed by atoms with E-state index in [1.807, 2.05) is 4.90 Å². The number of aromatic nitrogens is 1. The van der Waals surface area contributed by atoms with E-state index in [1.165, 1.54) is 28.7 Å². The number of carbonyl (C=O) groups is 1. The molecular weight excluding hydrogens is 422 g/mol. The highest BCUT2D eigenvalue weighted by Gasteiger charge is 2.28. The van der Waals surface area contributed by atoms with E-state index in [9.17, 15) is 23.3 Å². The molecule has 2 saturated heterocycles. The van der Waals surface area contributed by atoms with Crippen LogP contribution in [0.15, 0.2) is 47.5 Å². The highest BCUT2D eigenvalue weighted by molar-refractivity contribution is 7.89. The number of pyridine rings is 1. The van der Waals surface area contributed by atoms with Crippen molar-refractivity contribution >= 4 is 27.4 Å². The van der Waals surface area contributed by atoms with Crippen LogP contribution in [-0.2, 0) is 10.0 Å². The van der Waals surface area contributed by atoms with Gasteiger partial charge in [0.2, 0.25) is 10.0 Å². The number of piperazine rings is 1. The van der Waals surface area contributed by atoms with Gasteiger partial charge in [0.25, 0.3) is 5.91 Å². The normalized spacial score (nSPS) is 17.7. The van der Waals surface area contributed by atoms with Crippen molar-refractivity contribution in [3.63, 3.8) is 0 Å². The van der Waals surface area contributed by atoms with Crippen molar-refractivity contribution in [2.45, 2.75) is 17.7 Å². The van der Waals surface area contributed by atoms with Gasteiger partial charge in [-0.15, -0.1) is 0 Å². The molecule has 0 aliphatic carbocycles. The van der Waals surface area contributed by atoms with Crippen LogP contribution >= 0.6 is 0 Å². The third-order valence-corrected chi connectivity index (χ3v) is 7.57. The number of hydrogen-bond donors (Lipinski definition) is 0. The van der Waals surface area contributed by atoms with Crippen LogP contribution in [0.3, 0.4) is 0 Å². The molecule has 10 nitrogen and oxygen atoms in total. The van der Waals surface area contributed by atoms with Gasteiger partial charge in [0.05, 0.1) is 10.6 Å². The zero-order valence-electron chi connectivity index (χ0n) is 16.9. The summed E-state index contributed by atoms with van der Waals surface area (Å²) in [6, 6.07) is 9.15. The Morgan fingerprint density at radius 2 is 1.58 bits per heavy atom. The average molecular weight is 446 g/mol. The summed E-state index contributed by atoms with van der Waals surface area (Å²) in [7, 11) is -3.50. The first-order valence-electron chi connectivity index (χ1n) is 10.1. The molecule has 2 aliphatic heterocycles. The van der Waals surface area contributed by atoms with E-state index in [2.05, 4.69) is 4.98 Å². The topological polar surface area (TPSA) is 117 Å². The zero-order chi connectivity index (χ0) is 22.0. The van der Waals surface area contributed by atoms with Crippen molar-refractivity contribution in [2.75, 3.05) is 44.2 Å². The highest BCUT2D eigenvalue weighted by atomic mass is 32.2. The molecule has 2 aliphatic rings. The molecule has 31 heavy (non-hydrogen) atoms. The van der Waals surface area contributed by atoms with Crippen molar-refractivity contribution in [2.24, 2.45) is 0 Å². The van der Waals surface area contributed by atoms with E-state index in [-0.39, 0.29) is 16.6 Å². The van der Waals surface area contributed by atoms with E-state index < -0.39 is 14.9 Å². The smallest absolute Gasteiger partial charge is 0.363 e. The average Bonchev–Trinajstić information content (AvgIpc) is 3.35. The van der Waals surface area contributed by atoms with Gasteiger partial charge in [-0.2, -0.15) is 4.31 Å². The number of sulfonamides is 1. The lowest BCUT2D eigenvalue weighted by Crippen LogP contribution is -2.48. The van der Waals surface area contributed by atoms with Crippen LogP contribution in [0.25, 0.3) is 0 Å². The first kappa shape index (κ1) is 21.2. The predicted molar refractivity (Wildman–Crippen MR) is 113 cm³/mol. The van der Waals surface area contributed by atoms with E-state index >= 15 is 0 Å². The minimum atomic E-state index is -3.50. The summed E-state index contributed by atoms with van der Waals surface area (Å²) in [5, 5.41) is 10.7. The fraction of sp³-hybridized carbons (Fsp3) is 0.400. The van der Waals surface area contributed by atoms with Crippen molar-refractivity contribution in [1.82, 2.24) is 14.2 Å². The molecule has 0 spiro atoms. The van der Waals surface area contributed by atoms with Crippen LogP contribution in [-0.4, -0.2) is 72.7 Å². The minimum Gasteiger partial charge on any atom is -0.365 e. The lowest BCUT2D eigenvalue weighted by molar-refractivity contribution is -0.389. The standard InChI is InChI=1S/C20H23N5O5S/c26-20(16-3-6-18(7-4-16)31(29,30)24-9-1-2-10-24)23-13-11-22(12-14-23)17-5-8-19(21-15-17)25(27)28/h3-8,15H,1-2,9-14H2. The number of amides is 1. The number of anilines is 1. The maximum atomic E-state index is 12.8. The van der Waals surface area contributed by atoms with Crippen LogP contribution in [0.1, 0.15) is 23.2 Å². The van der Waals surface area contributed by atoms with Gasteiger partial charge in [-0.1, -0.05) is 0 Å². The fourth-order valence-electron chi connectivity index (χ4n) is 3.87. The van der Waals surface area contributed by atoms with Gasteiger partial charge in [0, 0.05) is 50.9 Å². The molecule has 0 saturated carbocycles. The Hall–Kier alpha value is -3.05. The van der Waals surface area contributed by atoms with Crippen molar-refractivity contribution < 1.29 is 18.1 Å². The van der Waals surface area contributed by atoms with Crippen molar-refractivity contribution in [1.29, 1.82) is 0 Å². The van der Waals surface area contributed by atoms with E-state index in [1.54, 1.807) is 23.1 Å². The van der Waals surface area contributed by atoms with E-state index in [0.29, 0.717) is 44.8 Å². The Bertz CT molecular complexity index is 1060. The Morgan fingerprint density at radius 1 is 0.935 bits per heavy atom. The molecule has 1 amide bonds. The maximum Gasteiger partial charge on any atom is 0.363 e. The van der Waals surface area contributed by atoms with Gasteiger partial charge in [0.1, 0.15) is 0 Å². The molecule has 0 bridgehead atoms. The van der Waals surface area contributed by atoms with Gasteiger partial charge in [-0.3, -0.25) is 4.79 Å². The predicted octanol–water partition coefficient (Wildman–Crippen LogP) is 1.74. The molecule has 11 heteroatoms. The number of hydrogen-bond acceptors (Lipinski definition) is 7. The second-order valence-electron chi connectivity index (χ2n) is 7.55. The van der Waals surface area contributed by atoms with Crippen LogP contribution in [0.2, 0.25) is 0 Å². The number of carbonyl (C=O) groups excluding carboxylic acids is 1. The van der Waals surface area contributed by atoms with Crippen LogP contribution < -0.4 is 4.90 Å². The second kappa shape index (κ2) is 8.60. The molecular formula is C20H23N5O5S. The molecule has 2 aromatic rings. The third-order valence-electron chi connectivity index (χ3n) is 5.66. The molecule has 0 N–H and O–H groups in total. The number of rotatable bonds is 5.